The predicted molar refractivity (Wildman–Crippen MR) is 85.3 cm³/mol. The molecular formula is C12H21N7O8. The van der Waals surface area contributed by atoms with E-state index in [1.807, 2.05) is 0 Å². The Balaban J connectivity index is 2.10. The molecule has 15 nitrogen and oxygen atoms in total. The summed E-state index contributed by atoms with van der Waals surface area (Å²) in [5.74, 6) is -3.16. The van der Waals surface area contributed by atoms with E-state index >= 15 is 0 Å². The van der Waals surface area contributed by atoms with Crippen LogP contribution in [0.5, 0.6) is 0 Å². The maximum atomic E-state index is 11.0. The number of aliphatic hydroxyl groups is 3. The lowest BCUT2D eigenvalue weighted by Crippen LogP contribution is -2.78. The molecule has 0 aromatic carbocycles. The van der Waals surface area contributed by atoms with Crippen LogP contribution in [0.2, 0.25) is 0 Å². The number of carbonyl (C=O) groups is 1. The van der Waals surface area contributed by atoms with Crippen molar-refractivity contribution < 1.29 is 40.0 Å². The van der Waals surface area contributed by atoms with Crippen LogP contribution in [-0.2, 0) is 14.7 Å². The number of aliphatic imine (C=N–C) groups is 2. The lowest BCUT2D eigenvalue weighted by molar-refractivity contribution is -0.525. The van der Waals surface area contributed by atoms with E-state index in [-0.39, 0.29) is 31.6 Å². The molecule has 0 aromatic rings. The summed E-state index contributed by atoms with van der Waals surface area (Å²) in [6.07, 6.45) is -2.75. The third-order valence-electron chi connectivity index (χ3n) is 4.92. The molecule has 1 saturated heterocycles. The smallest absolute Gasteiger partial charge is 0.404 e. The first-order chi connectivity index (χ1) is 12.7. The molecule has 27 heavy (non-hydrogen) atoms. The summed E-state index contributed by atoms with van der Waals surface area (Å²) in [7, 11) is 0. The first-order valence-electron chi connectivity index (χ1n) is 7.89. The minimum absolute atomic E-state index is 0.0639. The van der Waals surface area contributed by atoms with Gasteiger partial charge in [0.25, 0.3) is 0 Å². The average Bonchev–Trinajstić information content (AvgIpc) is 3.02. The Bertz CT molecular complexity index is 672. The number of carbonyl (C=O) groups excluding carboxylic acids is 1. The zero-order valence-electron chi connectivity index (χ0n) is 13.9. The van der Waals surface area contributed by atoms with Gasteiger partial charge in [-0.25, -0.2) is 20.0 Å². The van der Waals surface area contributed by atoms with Gasteiger partial charge in [0.05, 0.1) is 6.04 Å². The number of primary amides is 1. The van der Waals surface area contributed by atoms with Gasteiger partial charge in [-0.1, -0.05) is 5.04 Å². The first kappa shape index (κ1) is 19.3. The summed E-state index contributed by atoms with van der Waals surface area (Å²) in [6, 6.07) is -3.08. The quantitative estimate of drug-likeness (QED) is 0.121. The number of nitrogens with one attached hydrogen (secondary N) is 1. The predicted octanol–water partition coefficient (Wildman–Crippen LogP) is -4.70. The second kappa shape index (κ2) is 6.63. The van der Waals surface area contributed by atoms with Crippen LogP contribution < -0.4 is 22.5 Å². The molecule has 0 saturated carbocycles. The van der Waals surface area contributed by atoms with Crippen molar-refractivity contribution in [3.63, 3.8) is 0 Å². The van der Waals surface area contributed by atoms with Gasteiger partial charge in [0.2, 0.25) is 5.79 Å². The number of hydrogen-bond acceptors (Lipinski definition) is 14. The van der Waals surface area contributed by atoms with E-state index in [0.717, 1.165) is 0 Å². The van der Waals surface area contributed by atoms with Gasteiger partial charge in [-0.3, -0.25) is 0 Å². The Kier molecular flexibility index (Phi) is 4.74. The molecule has 5 atom stereocenters. The number of hydrogen-bond donors (Lipinski definition) is 8. The van der Waals surface area contributed by atoms with Gasteiger partial charge in [0.15, 0.2) is 23.7 Å². The maximum absolute atomic E-state index is 11.0. The Labute approximate surface area is 151 Å². The van der Waals surface area contributed by atoms with Gasteiger partial charge < -0.3 is 47.5 Å². The van der Waals surface area contributed by atoms with E-state index in [1.165, 1.54) is 4.90 Å². The van der Waals surface area contributed by atoms with Crippen LogP contribution in [0.4, 0.5) is 4.79 Å². The van der Waals surface area contributed by atoms with Crippen molar-refractivity contribution in [2.24, 2.45) is 27.2 Å². The molecule has 1 amide bonds. The van der Waals surface area contributed by atoms with Crippen LogP contribution in [0.1, 0.15) is 6.42 Å². The molecule has 3 rings (SSSR count). The topological polar surface area (TPSA) is 244 Å². The van der Waals surface area contributed by atoms with E-state index in [2.05, 4.69) is 25.2 Å². The Morgan fingerprint density at radius 1 is 1.33 bits per heavy atom. The van der Waals surface area contributed by atoms with Crippen molar-refractivity contribution in [3.05, 3.63) is 0 Å². The standard InChI is InChI=1S/C12H21N7O8/c13-8-17-6-4(3-25-10(15)21)16-9(14)19-5(1-2-20)7(26-27-24)12(22,23)11(6,19)18-8/h4-7,20,22-24H,1-3H2,(H2,14,16)(H2,15,21)(H3,13,17,18)/t4-,5?,6-,7-,11-/m0/s1. The van der Waals surface area contributed by atoms with Gasteiger partial charge in [0.1, 0.15) is 18.7 Å². The molecule has 11 N–H and O–H groups in total. The van der Waals surface area contributed by atoms with Crippen molar-refractivity contribution in [1.82, 2.24) is 10.2 Å². The molecule has 1 spiro atoms. The highest BCUT2D eigenvalue weighted by Crippen LogP contribution is 2.49. The van der Waals surface area contributed by atoms with Gasteiger partial charge >= 0.3 is 6.09 Å². The first-order valence-corrected chi connectivity index (χ1v) is 7.89. The van der Waals surface area contributed by atoms with Crippen molar-refractivity contribution in [2.45, 2.75) is 42.1 Å². The molecule has 15 heteroatoms. The van der Waals surface area contributed by atoms with E-state index in [4.69, 9.17) is 27.2 Å². The summed E-state index contributed by atoms with van der Waals surface area (Å²) in [5, 5.41) is 46.3. The minimum atomic E-state index is -2.80. The molecule has 3 aliphatic rings. The van der Waals surface area contributed by atoms with Crippen LogP contribution in [0.3, 0.4) is 0 Å². The largest absolute Gasteiger partial charge is 0.447 e. The summed E-state index contributed by atoms with van der Waals surface area (Å²) in [5.41, 5.74) is 14.9. The molecular weight excluding hydrogens is 370 g/mol. The number of guanidine groups is 2. The lowest BCUT2D eigenvalue weighted by atomic mass is 9.86. The van der Waals surface area contributed by atoms with Crippen molar-refractivity contribution in [2.75, 3.05) is 13.2 Å². The summed E-state index contributed by atoms with van der Waals surface area (Å²) in [6.45, 7) is -0.751. The van der Waals surface area contributed by atoms with Crippen LogP contribution in [0, 0.1) is 0 Å². The van der Waals surface area contributed by atoms with Crippen LogP contribution in [0.25, 0.3) is 0 Å². The molecule has 3 heterocycles. The summed E-state index contributed by atoms with van der Waals surface area (Å²) in [4.78, 5) is 25.2. The van der Waals surface area contributed by atoms with Gasteiger partial charge in [0, 0.05) is 6.61 Å². The molecule has 0 aromatic heterocycles. The number of nitrogens with two attached hydrogens (primary N) is 3. The molecule has 0 radical (unpaired) electrons. The highest BCUT2D eigenvalue weighted by Gasteiger charge is 2.77. The highest BCUT2D eigenvalue weighted by molar-refractivity contribution is 5.87. The van der Waals surface area contributed by atoms with E-state index < -0.39 is 41.8 Å². The van der Waals surface area contributed by atoms with Crippen LogP contribution >= 0.6 is 0 Å². The molecule has 0 aliphatic carbocycles. The number of aliphatic hydroxyl groups excluding tert-OH is 1. The number of amides is 1. The summed E-state index contributed by atoms with van der Waals surface area (Å²) >= 11 is 0. The second-order valence-electron chi connectivity index (χ2n) is 6.30. The van der Waals surface area contributed by atoms with Crippen molar-refractivity contribution >= 4 is 18.0 Å². The van der Waals surface area contributed by atoms with Gasteiger partial charge in [-0.05, 0) is 6.42 Å². The van der Waals surface area contributed by atoms with Crippen LogP contribution in [0.15, 0.2) is 9.98 Å². The van der Waals surface area contributed by atoms with E-state index in [0.29, 0.717) is 0 Å². The fourth-order valence-corrected chi connectivity index (χ4v) is 4.02. The highest BCUT2D eigenvalue weighted by atomic mass is 17.5. The number of nitrogens with zero attached hydrogens (tertiary/aromatic N) is 3. The Morgan fingerprint density at radius 2 is 2.04 bits per heavy atom. The Morgan fingerprint density at radius 3 is 2.63 bits per heavy atom. The second-order valence-corrected chi connectivity index (χ2v) is 6.30. The van der Waals surface area contributed by atoms with Gasteiger partial charge in [-0.15, -0.1) is 0 Å². The molecule has 3 aliphatic heterocycles. The SMILES string of the molecule is NC(=O)OC[C@@H]1N=C(N)N2C(CCO)[C@H](OOO)C(O)(O)[C@@]23NC(N)=N[C@@H]13. The van der Waals surface area contributed by atoms with Crippen molar-refractivity contribution in [3.8, 4) is 0 Å². The molecule has 0 bridgehead atoms. The van der Waals surface area contributed by atoms with Crippen LogP contribution in [-0.4, -0.2) is 92.4 Å². The van der Waals surface area contributed by atoms with Crippen molar-refractivity contribution in [1.29, 1.82) is 0 Å². The third kappa shape index (κ3) is 2.63. The zero-order chi connectivity index (χ0) is 20.0. The number of ether oxygens (including phenoxy) is 1. The molecule has 1 fully saturated rings. The lowest BCUT2D eigenvalue weighted by Gasteiger charge is -2.49. The van der Waals surface area contributed by atoms with E-state index in [1.54, 1.807) is 0 Å². The minimum Gasteiger partial charge on any atom is -0.447 e. The number of rotatable bonds is 6. The molecule has 1 unspecified atom stereocenters. The third-order valence-corrected chi connectivity index (χ3v) is 4.92. The maximum Gasteiger partial charge on any atom is 0.404 e. The van der Waals surface area contributed by atoms with E-state index in [9.17, 15) is 20.1 Å². The monoisotopic (exact) mass is 391 g/mol. The summed E-state index contributed by atoms with van der Waals surface area (Å²) < 4.78 is 4.76. The van der Waals surface area contributed by atoms with Gasteiger partial charge in [-0.2, -0.15) is 4.89 Å². The fraction of sp³-hybridized carbons (Fsp3) is 0.750. The fourth-order valence-electron chi connectivity index (χ4n) is 4.02. The average molecular weight is 391 g/mol. The molecule has 152 valence electrons. The zero-order valence-corrected chi connectivity index (χ0v) is 13.9. The Hall–Kier alpha value is -2.43. The normalized spacial score (nSPS) is 36.4.